The minimum atomic E-state index is -1.86. The molecule has 26 heavy (non-hydrogen) atoms. The van der Waals surface area contributed by atoms with E-state index in [4.69, 9.17) is 0 Å². The Morgan fingerprint density at radius 2 is 1.12 bits per heavy atom. The Bertz CT molecular complexity index is 779. The van der Waals surface area contributed by atoms with Gasteiger partial charge < -0.3 is 0 Å². The summed E-state index contributed by atoms with van der Waals surface area (Å²) >= 11 is 2.78. The Balaban J connectivity index is 0.000000948. The van der Waals surface area contributed by atoms with Crippen molar-refractivity contribution in [3.8, 4) is 0 Å². The number of rotatable bonds is 3. The van der Waals surface area contributed by atoms with Crippen LogP contribution in [0.4, 0.5) is 0 Å². The van der Waals surface area contributed by atoms with Crippen LogP contribution in [0.3, 0.4) is 0 Å². The molecule has 2 aliphatic rings. The molecule has 4 rings (SSSR count). The Hall–Kier alpha value is -0.907. The molecule has 0 saturated carbocycles. The maximum atomic E-state index is 4.64. The fourth-order valence-electron chi connectivity index (χ4n) is 4.68. The monoisotopic (exact) mass is 441 g/mol. The van der Waals surface area contributed by atoms with Gasteiger partial charge in [0.25, 0.3) is 0 Å². The van der Waals surface area contributed by atoms with E-state index in [1.807, 2.05) is 0 Å². The fraction of sp³-hybridized carbons (Fsp3) is 0.333. The molecule has 0 heterocycles. The zero-order chi connectivity index (χ0) is 18.8. The van der Waals surface area contributed by atoms with Gasteiger partial charge in [-0.1, -0.05) is 0 Å². The summed E-state index contributed by atoms with van der Waals surface area (Å²) in [5.41, 5.74) is 9.36. The van der Waals surface area contributed by atoms with Crippen molar-refractivity contribution in [3.63, 3.8) is 0 Å². The largest absolute Gasteiger partial charge is 0.130 e. The molecule has 2 atom stereocenters. The second kappa shape index (κ2) is 8.41. The van der Waals surface area contributed by atoms with Crippen molar-refractivity contribution in [2.75, 3.05) is 6.38 Å². The molecule has 2 heteroatoms. The van der Waals surface area contributed by atoms with E-state index in [1.165, 1.54) is 17.5 Å². The summed E-state index contributed by atoms with van der Waals surface area (Å²) in [5.74, 6) is 0. The molecule has 0 saturated heterocycles. The minimum absolute atomic E-state index is 0.725. The van der Waals surface area contributed by atoms with Crippen molar-refractivity contribution in [2.24, 2.45) is 0 Å². The number of fused-ring (bicyclic) bond motifs is 2. The standard InChI is InChI=1S/2C10H9.C3H7.CH3Cl.Zr/c2*1-8-6-9-4-2-3-5-10(9)7-8;1-3-2;1-2;/h2*2-7H,1H3;3H,1-2H3;1H3;. The number of hydrogen-bond acceptors (Lipinski definition) is 0. The van der Waals surface area contributed by atoms with Gasteiger partial charge in [0.1, 0.15) is 0 Å². The van der Waals surface area contributed by atoms with Crippen LogP contribution in [0.2, 0.25) is 3.63 Å². The Morgan fingerprint density at radius 3 is 1.50 bits per heavy atom. The third kappa shape index (κ3) is 3.46. The van der Waals surface area contributed by atoms with E-state index in [0.717, 1.165) is 10.9 Å². The number of halogens is 1. The summed E-state index contributed by atoms with van der Waals surface area (Å²) in [7, 11) is 0. The first-order valence-corrected chi connectivity index (χ1v) is 14.4. The van der Waals surface area contributed by atoms with Gasteiger partial charge in [0, 0.05) is 6.38 Å². The van der Waals surface area contributed by atoms with Gasteiger partial charge in [-0.05, 0) is 0 Å². The summed E-state index contributed by atoms with van der Waals surface area (Å²) in [5, 5.41) is 0. The predicted octanol–water partition coefficient (Wildman–Crippen LogP) is 7.60. The SMILES string of the molecule is CC1=Cc2ccccc2[CH]1[Zr]([CH](C)C)[CH]1C(C)=Cc2ccccc21.CCl. The van der Waals surface area contributed by atoms with Crippen molar-refractivity contribution in [1.29, 1.82) is 0 Å². The van der Waals surface area contributed by atoms with Crippen LogP contribution in [-0.4, -0.2) is 6.38 Å². The topological polar surface area (TPSA) is 0 Å². The first-order valence-electron chi connectivity index (χ1n) is 9.36. The zero-order valence-corrected chi connectivity index (χ0v) is 19.6. The second-order valence-corrected chi connectivity index (χ2v) is 15.7. The molecule has 0 bridgehead atoms. The summed E-state index contributed by atoms with van der Waals surface area (Å²) in [6.07, 6.45) is 6.37. The minimum Gasteiger partial charge on any atom is -0.130 e. The van der Waals surface area contributed by atoms with Gasteiger partial charge in [0.05, 0.1) is 0 Å². The quantitative estimate of drug-likeness (QED) is 0.429. The van der Waals surface area contributed by atoms with Gasteiger partial charge >= 0.3 is 154 Å². The molecule has 0 aromatic heterocycles. The summed E-state index contributed by atoms with van der Waals surface area (Å²) in [6, 6.07) is 18.2. The first kappa shape index (κ1) is 19.8. The average molecular weight is 443 g/mol. The maximum Gasteiger partial charge on any atom is 0.0108 e. The van der Waals surface area contributed by atoms with Crippen LogP contribution >= 0.6 is 11.6 Å². The van der Waals surface area contributed by atoms with Crippen molar-refractivity contribution in [1.82, 2.24) is 0 Å². The number of allylic oxidation sites excluding steroid dienone is 2. The summed E-state index contributed by atoms with van der Waals surface area (Å²) in [6.45, 7) is 9.70. The molecule has 0 N–H and O–H groups in total. The molecule has 135 valence electrons. The molecule has 2 unspecified atom stereocenters. The Kier molecular flexibility index (Phi) is 6.42. The second-order valence-electron chi connectivity index (χ2n) is 7.56. The molecule has 0 spiro atoms. The van der Waals surface area contributed by atoms with Gasteiger partial charge in [-0.25, -0.2) is 0 Å². The first-order chi connectivity index (χ1) is 12.6. The molecule has 2 aliphatic carbocycles. The molecule has 2 aromatic rings. The van der Waals surface area contributed by atoms with E-state index < -0.39 is 21.8 Å². The van der Waals surface area contributed by atoms with Crippen LogP contribution in [0, 0.1) is 0 Å². The third-order valence-corrected chi connectivity index (χ3v) is 15.9. The van der Waals surface area contributed by atoms with E-state index >= 15 is 0 Å². The van der Waals surface area contributed by atoms with Gasteiger partial charge in [-0.3, -0.25) is 0 Å². The van der Waals surface area contributed by atoms with Gasteiger partial charge in [0.15, 0.2) is 0 Å². The third-order valence-electron chi connectivity index (χ3n) is 5.62. The van der Waals surface area contributed by atoms with Gasteiger partial charge in [-0.2, -0.15) is 0 Å². The normalized spacial score (nSPS) is 20.0. The van der Waals surface area contributed by atoms with Crippen LogP contribution in [-0.2, 0) is 21.8 Å². The van der Waals surface area contributed by atoms with Crippen molar-refractivity contribution in [3.05, 3.63) is 81.9 Å². The van der Waals surface area contributed by atoms with Crippen LogP contribution in [0.25, 0.3) is 12.2 Å². The maximum absolute atomic E-state index is 4.64. The van der Waals surface area contributed by atoms with Gasteiger partial charge in [-0.15, -0.1) is 11.6 Å². The van der Waals surface area contributed by atoms with Crippen molar-refractivity contribution in [2.45, 2.75) is 38.6 Å². The van der Waals surface area contributed by atoms with E-state index in [-0.39, 0.29) is 0 Å². The fourth-order valence-corrected chi connectivity index (χ4v) is 14.8. The molecule has 0 nitrogen and oxygen atoms in total. The smallest absolute Gasteiger partial charge is 0.0108 e. The van der Waals surface area contributed by atoms with E-state index in [0.29, 0.717) is 0 Å². The average Bonchev–Trinajstić information content (AvgIpc) is 3.14. The molecule has 0 radical (unpaired) electrons. The van der Waals surface area contributed by atoms with Crippen LogP contribution < -0.4 is 0 Å². The Labute approximate surface area is 171 Å². The van der Waals surface area contributed by atoms with Crippen LogP contribution in [0.1, 0.15) is 57.2 Å². The molecule has 0 amide bonds. The molecular weight excluding hydrogens is 415 g/mol. The van der Waals surface area contributed by atoms with E-state index in [2.05, 4.69) is 100.0 Å². The van der Waals surface area contributed by atoms with Crippen molar-refractivity contribution >= 4 is 23.8 Å². The van der Waals surface area contributed by atoms with Crippen molar-refractivity contribution < 1.29 is 21.8 Å². The summed E-state index contributed by atoms with van der Waals surface area (Å²) in [4.78, 5) is 0. The van der Waals surface area contributed by atoms with Crippen LogP contribution in [0.15, 0.2) is 59.7 Å². The zero-order valence-electron chi connectivity index (χ0n) is 16.4. The summed E-state index contributed by atoms with van der Waals surface area (Å²) < 4.78 is 2.28. The van der Waals surface area contributed by atoms with E-state index in [1.54, 1.807) is 22.3 Å². The molecule has 0 fully saturated rings. The molecular formula is C24H28ClZr. The number of alkyl halides is 1. The predicted molar refractivity (Wildman–Crippen MR) is 113 cm³/mol. The van der Waals surface area contributed by atoms with Crippen LogP contribution in [0.5, 0.6) is 0 Å². The Morgan fingerprint density at radius 1 is 0.731 bits per heavy atom. The van der Waals surface area contributed by atoms with E-state index in [9.17, 15) is 0 Å². The molecule has 0 aliphatic heterocycles. The van der Waals surface area contributed by atoms with Gasteiger partial charge in [0.2, 0.25) is 0 Å². The molecule has 2 aromatic carbocycles. The number of benzene rings is 2. The number of hydrogen-bond donors (Lipinski definition) is 0.